The van der Waals surface area contributed by atoms with E-state index >= 15 is 0 Å². The van der Waals surface area contributed by atoms with Crippen molar-refractivity contribution in [3.05, 3.63) is 35.7 Å². The Hall–Kier alpha value is 0.344. The Kier molecular flexibility index (Phi) is 7.12. The van der Waals surface area contributed by atoms with Crippen LogP contribution in [0.3, 0.4) is 0 Å². The van der Waals surface area contributed by atoms with Crippen molar-refractivity contribution in [1.29, 1.82) is 0 Å². The topological polar surface area (TPSA) is 3.24 Å². The average Bonchev–Trinajstić information content (AvgIpc) is 2.80. The Bertz CT molecular complexity index is 339. The molecule has 0 N–H and O–H groups in total. The van der Waals surface area contributed by atoms with Crippen molar-refractivity contribution >= 4 is 19.8 Å². The molecule has 18 heavy (non-hydrogen) atoms. The zero-order valence-electron chi connectivity index (χ0n) is 11.9. The first-order valence-corrected chi connectivity index (χ1v) is 10.6. The molecule has 1 aromatic carbocycles. The second-order valence-corrected chi connectivity index (χ2v) is 11.5. The summed E-state index contributed by atoms with van der Waals surface area (Å²) in [5.74, 6) is 0. The number of benzene rings is 1. The quantitative estimate of drug-likeness (QED) is 0.443. The second-order valence-electron chi connectivity index (χ2n) is 5.52. The molecule has 0 saturated carbocycles. The molecule has 0 radical (unpaired) electrons. The van der Waals surface area contributed by atoms with Gasteiger partial charge in [0.2, 0.25) is 0 Å². The molecule has 0 bridgehead atoms. The van der Waals surface area contributed by atoms with Crippen molar-refractivity contribution in [2.45, 2.75) is 30.8 Å². The summed E-state index contributed by atoms with van der Waals surface area (Å²) < 4.78 is 0. The van der Waals surface area contributed by atoms with Gasteiger partial charge in [-0.05, 0) is 37.0 Å². The van der Waals surface area contributed by atoms with Gasteiger partial charge < -0.3 is 16.7 Å². The molecule has 0 amide bonds. The molecule has 0 unspecified atom stereocenters. The first-order valence-electron chi connectivity index (χ1n) is 6.44. The summed E-state index contributed by atoms with van der Waals surface area (Å²) in [5, 5.41) is 2.53. The fourth-order valence-corrected chi connectivity index (χ4v) is 6.18. The summed E-state index contributed by atoms with van der Waals surface area (Å²) in [6.07, 6.45) is 4.12. The summed E-state index contributed by atoms with van der Waals surface area (Å²) in [7, 11) is -1.19. The molecule has 1 heterocycles. The van der Waals surface area contributed by atoms with Crippen LogP contribution in [-0.4, -0.2) is 32.2 Å². The van der Waals surface area contributed by atoms with Gasteiger partial charge in [-0.3, -0.25) is 5.38 Å². The molecule has 0 aromatic heterocycles. The summed E-state index contributed by atoms with van der Waals surface area (Å²) >= 11 is 1.92. The predicted molar refractivity (Wildman–Crippen MR) is 79.8 cm³/mol. The fraction of sp³-hybridized carbons (Fsp3) is 0.500. The minimum absolute atomic E-state index is 0. The summed E-state index contributed by atoms with van der Waals surface area (Å²) in [5.41, 5.74) is 0. The Morgan fingerprint density at radius 3 is 2.39 bits per heavy atom. The number of rotatable bonds is 5. The van der Waals surface area contributed by atoms with Crippen molar-refractivity contribution in [2.75, 3.05) is 19.3 Å². The monoisotopic (exact) mass is 271 g/mol. The van der Waals surface area contributed by atoms with E-state index in [2.05, 4.69) is 53.7 Å². The molecule has 4 heteroatoms. The van der Waals surface area contributed by atoms with Gasteiger partial charge in [-0.1, -0.05) is 51.5 Å². The number of thioether (sulfide) groups is 1. The normalized spacial score (nSPS) is 16.6. The molecule has 0 spiro atoms. The van der Waals surface area contributed by atoms with E-state index in [0.29, 0.717) is 0 Å². The molecular formula is C14H22LiNSSi. The zero-order valence-corrected chi connectivity index (χ0v) is 13.7. The van der Waals surface area contributed by atoms with E-state index in [1.54, 1.807) is 0 Å². The Balaban J connectivity index is 0.00000162. The third-order valence-corrected chi connectivity index (χ3v) is 7.92. The van der Waals surface area contributed by atoms with Gasteiger partial charge in [0.25, 0.3) is 0 Å². The molecule has 1 saturated heterocycles. The number of likely N-dealkylation sites (tertiary alicyclic amines) is 1. The molecule has 1 aliphatic rings. The van der Waals surface area contributed by atoms with Gasteiger partial charge in [0.05, 0.1) is 0 Å². The van der Waals surface area contributed by atoms with E-state index in [9.17, 15) is 0 Å². The first kappa shape index (κ1) is 16.4. The van der Waals surface area contributed by atoms with Crippen LogP contribution in [0.2, 0.25) is 13.1 Å². The van der Waals surface area contributed by atoms with Crippen LogP contribution in [0, 0.1) is 5.38 Å². The minimum atomic E-state index is -1.19. The first-order chi connectivity index (χ1) is 8.16. The van der Waals surface area contributed by atoms with Crippen LogP contribution in [0.1, 0.15) is 12.8 Å². The molecule has 94 valence electrons. The minimum Gasteiger partial charge on any atom is -0.318 e. The van der Waals surface area contributed by atoms with E-state index in [-0.39, 0.29) is 18.9 Å². The van der Waals surface area contributed by atoms with Crippen molar-refractivity contribution in [2.24, 2.45) is 0 Å². The van der Waals surface area contributed by atoms with Crippen LogP contribution in [-0.2, 0) is 0 Å². The third kappa shape index (κ3) is 5.54. The standard InChI is InChI=1S/C14H22NSSi.Li/c1-17(2,12-15-10-6-7-11-15)13-16-14-8-4-3-5-9-14;/h3-5,8-9,13H,6-7,10-12H2,1-2H3;/q-1;+1. The summed E-state index contributed by atoms with van der Waals surface area (Å²) in [6, 6.07) is 10.7. The van der Waals surface area contributed by atoms with Crippen LogP contribution in [0.4, 0.5) is 0 Å². The van der Waals surface area contributed by atoms with Crippen LogP contribution < -0.4 is 18.9 Å². The average molecular weight is 271 g/mol. The van der Waals surface area contributed by atoms with Gasteiger partial charge in [-0.2, -0.15) is 0 Å². The third-order valence-electron chi connectivity index (χ3n) is 3.09. The fourth-order valence-electron chi connectivity index (χ4n) is 2.28. The van der Waals surface area contributed by atoms with Crippen LogP contribution >= 0.6 is 11.8 Å². The summed E-state index contributed by atoms with van der Waals surface area (Å²) in [6.45, 7) is 7.59. The SMILES string of the molecule is C[Si](C)([CH-]Sc1ccccc1)CN1CCCC1.[Li+]. The van der Waals surface area contributed by atoms with E-state index in [0.717, 1.165) is 0 Å². The van der Waals surface area contributed by atoms with Gasteiger partial charge in [-0.15, -0.1) is 0 Å². The van der Waals surface area contributed by atoms with E-state index in [4.69, 9.17) is 0 Å². The van der Waals surface area contributed by atoms with Crippen LogP contribution in [0.15, 0.2) is 35.2 Å². The molecule has 0 atom stereocenters. The van der Waals surface area contributed by atoms with E-state index in [1.807, 2.05) is 11.8 Å². The maximum Gasteiger partial charge on any atom is 1.00 e. The molecular weight excluding hydrogens is 249 g/mol. The molecule has 1 nitrogen and oxygen atoms in total. The molecule has 1 fully saturated rings. The molecule has 1 aromatic rings. The van der Waals surface area contributed by atoms with Gasteiger partial charge in [0.15, 0.2) is 0 Å². The van der Waals surface area contributed by atoms with Gasteiger partial charge in [0, 0.05) is 0 Å². The van der Waals surface area contributed by atoms with Crippen molar-refractivity contribution in [3.8, 4) is 0 Å². The number of hydrogen-bond acceptors (Lipinski definition) is 2. The second kappa shape index (κ2) is 7.82. The zero-order chi connectivity index (χ0) is 12.1. The maximum absolute atomic E-state index is 2.65. The molecule has 2 rings (SSSR count). The number of nitrogens with zero attached hydrogens (tertiary/aromatic N) is 1. The summed E-state index contributed by atoms with van der Waals surface area (Å²) in [4.78, 5) is 4.02. The number of hydrogen-bond donors (Lipinski definition) is 0. The van der Waals surface area contributed by atoms with Crippen molar-refractivity contribution < 1.29 is 18.9 Å². The van der Waals surface area contributed by atoms with Gasteiger partial charge in [0.1, 0.15) is 0 Å². The predicted octanol–water partition coefficient (Wildman–Crippen LogP) is 0.827. The Labute approximate surface area is 129 Å². The van der Waals surface area contributed by atoms with E-state index in [1.165, 1.54) is 37.0 Å². The van der Waals surface area contributed by atoms with Crippen LogP contribution in [0.5, 0.6) is 0 Å². The molecule has 1 aliphatic heterocycles. The smallest absolute Gasteiger partial charge is 0.318 e. The van der Waals surface area contributed by atoms with Gasteiger partial charge >= 0.3 is 18.9 Å². The van der Waals surface area contributed by atoms with Gasteiger partial charge in [-0.25, -0.2) is 0 Å². The van der Waals surface area contributed by atoms with Crippen LogP contribution in [0.25, 0.3) is 0 Å². The molecule has 0 aliphatic carbocycles. The van der Waals surface area contributed by atoms with Crippen molar-refractivity contribution in [3.63, 3.8) is 0 Å². The maximum atomic E-state index is 2.65. The van der Waals surface area contributed by atoms with E-state index < -0.39 is 8.07 Å². The Morgan fingerprint density at radius 2 is 1.78 bits per heavy atom. The largest absolute Gasteiger partial charge is 1.00 e. The van der Waals surface area contributed by atoms with Crippen molar-refractivity contribution in [1.82, 2.24) is 4.90 Å². The Morgan fingerprint density at radius 1 is 1.17 bits per heavy atom.